The van der Waals surface area contributed by atoms with Gasteiger partial charge >= 0.3 is 0 Å². The number of fused-ring (bicyclic) bond motifs is 1. The third-order valence-corrected chi connectivity index (χ3v) is 3.19. The summed E-state index contributed by atoms with van der Waals surface area (Å²) in [7, 11) is 0. The maximum Gasteiger partial charge on any atom is 0.0832 e. The van der Waals surface area contributed by atoms with Crippen LogP contribution in [0.1, 0.15) is 0 Å². The quantitative estimate of drug-likeness (QED) is 0.386. The molecule has 5 N–H and O–H groups in total. The van der Waals surface area contributed by atoms with E-state index < -0.39 is 0 Å². The fraction of sp³-hybridized carbons (Fsp3) is 0. The van der Waals surface area contributed by atoms with E-state index in [2.05, 4.69) is 23.6 Å². The molecule has 3 aromatic carbocycles. The van der Waals surface area contributed by atoms with Gasteiger partial charge < -0.3 is 5.73 Å². The van der Waals surface area contributed by atoms with Crippen molar-refractivity contribution in [3.05, 3.63) is 66.7 Å². The zero-order chi connectivity index (χ0) is 13.9. The topological polar surface area (TPSA) is 67.3 Å². The van der Waals surface area contributed by atoms with Gasteiger partial charge in [-0.25, -0.2) is 11.0 Å². The average Bonchev–Trinajstić information content (AvgIpc) is 2.49. The van der Waals surface area contributed by atoms with Crippen molar-refractivity contribution in [2.45, 2.75) is 0 Å². The zero-order valence-electron chi connectivity index (χ0n) is 11.0. The maximum atomic E-state index is 6.12. The molecular formula is C16H16N4. The Morgan fingerprint density at radius 3 is 2.30 bits per heavy atom. The van der Waals surface area contributed by atoms with Gasteiger partial charge in [-0.3, -0.25) is 5.43 Å². The standard InChI is InChI=1S/C16H16N4/c17-13-8-10-14(11-9-13)19-20(18)16-7-3-5-12-4-1-2-6-15(12)16/h1-11,19H,17-18H2. The molecular weight excluding hydrogens is 248 g/mol. The van der Waals surface area contributed by atoms with Crippen molar-refractivity contribution in [2.75, 3.05) is 16.3 Å². The molecule has 0 spiro atoms. The molecule has 3 rings (SSSR count). The van der Waals surface area contributed by atoms with Gasteiger partial charge in [0, 0.05) is 11.1 Å². The Morgan fingerprint density at radius 2 is 1.50 bits per heavy atom. The molecule has 3 aromatic rings. The summed E-state index contributed by atoms with van der Waals surface area (Å²) in [5.74, 6) is 6.12. The lowest BCUT2D eigenvalue weighted by Gasteiger charge is -2.22. The van der Waals surface area contributed by atoms with Gasteiger partial charge in [0.2, 0.25) is 0 Å². The van der Waals surface area contributed by atoms with Gasteiger partial charge in [0.05, 0.1) is 11.4 Å². The number of rotatable bonds is 3. The van der Waals surface area contributed by atoms with Gasteiger partial charge in [0.15, 0.2) is 0 Å². The SMILES string of the molecule is Nc1ccc(NN(N)c2cccc3ccccc23)cc1. The second kappa shape index (κ2) is 5.11. The normalized spacial score (nSPS) is 10.4. The van der Waals surface area contributed by atoms with Crippen molar-refractivity contribution >= 4 is 27.8 Å². The van der Waals surface area contributed by atoms with Crippen molar-refractivity contribution < 1.29 is 0 Å². The van der Waals surface area contributed by atoms with Crippen LogP contribution in [0.2, 0.25) is 0 Å². The first-order valence-corrected chi connectivity index (χ1v) is 6.39. The Labute approximate surface area is 117 Å². The van der Waals surface area contributed by atoms with Crippen LogP contribution in [0.25, 0.3) is 10.8 Å². The Bertz CT molecular complexity index is 717. The number of hydrogen-bond acceptors (Lipinski definition) is 4. The lowest BCUT2D eigenvalue weighted by atomic mass is 10.1. The van der Waals surface area contributed by atoms with Gasteiger partial charge in [-0.05, 0) is 35.7 Å². The summed E-state index contributed by atoms with van der Waals surface area (Å²) in [5, 5.41) is 3.77. The van der Waals surface area contributed by atoms with Crippen LogP contribution in [-0.2, 0) is 0 Å². The number of nitrogens with one attached hydrogen (secondary N) is 1. The van der Waals surface area contributed by atoms with Crippen molar-refractivity contribution in [3.63, 3.8) is 0 Å². The number of nitrogens with zero attached hydrogens (tertiary/aromatic N) is 1. The van der Waals surface area contributed by atoms with Crippen molar-refractivity contribution in [1.29, 1.82) is 0 Å². The Hall–Kier alpha value is -2.72. The van der Waals surface area contributed by atoms with Gasteiger partial charge in [-0.15, -0.1) is 0 Å². The molecule has 0 amide bonds. The molecule has 0 atom stereocenters. The fourth-order valence-corrected chi connectivity index (χ4v) is 2.18. The van der Waals surface area contributed by atoms with Crippen LogP contribution in [0.3, 0.4) is 0 Å². The number of hydrazine groups is 2. The summed E-state index contributed by atoms with van der Waals surface area (Å²) in [6.07, 6.45) is 0. The lowest BCUT2D eigenvalue weighted by molar-refractivity contribution is 0.998. The van der Waals surface area contributed by atoms with E-state index in [0.29, 0.717) is 0 Å². The summed E-state index contributed by atoms with van der Waals surface area (Å²) in [5.41, 5.74) is 11.3. The minimum absolute atomic E-state index is 0.726. The molecule has 100 valence electrons. The van der Waals surface area contributed by atoms with Gasteiger partial charge in [-0.1, -0.05) is 36.4 Å². The van der Waals surface area contributed by atoms with Crippen molar-refractivity contribution in [3.8, 4) is 0 Å². The smallest absolute Gasteiger partial charge is 0.0832 e. The van der Waals surface area contributed by atoms with E-state index in [0.717, 1.165) is 27.8 Å². The first-order chi connectivity index (χ1) is 9.74. The molecule has 0 aliphatic carbocycles. The molecule has 0 heterocycles. The summed E-state index contributed by atoms with van der Waals surface area (Å²) in [6.45, 7) is 0. The van der Waals surface area contributed by atoms with E-state index in [-0.39, 0.29) is 0 Å². The summed E-state index contributed by atoms with van der Waals surface area (Å²) in [4.78, 5) is 0. The molecule has 0 saturated heterocycles. The third-order valence-electron chi connectivity index (χ3n) is 3.19. The molecule has 0 saturated carbocycles. The number of anilines is 3. The van der Waals surface area contributed by atoms with E-state index in [1.54, 1.807) is 0 Å². The highest BCUT2D eigenvalue weighted by Crippen LogP contribution is 2.25. The highest BCUT2D eigenvalue weighted by molar-refractivity contribution is 5.94. The van der Waals surface area contributed by atoms with Crippen molar-refractivity contribution in [2.24, 2.45) is 5.84 Å². The monoisotopic (exact) mass is 264 g/mol. The van der Waals surface area contributed by atoms with Crippen LogP contribution in [0, 0.1) is 0 Å². The van der Waals surface area contributed by atoms with Crippen molar-refractivity contribution in [1.82, 2.24) is 0 Å². The zero-order valence-corrected chi connectivity index (χ0v) is 11.0. The van der Waals surface area contributed by atoms with Gasteiger partial charge in [-0.2, -0.15) is 0 Å². The van der Waals surface area contributed by atoms with Gasteiger partial charge in [0.1, 0.15) is 0 Å². The van der Waals surface area contributed by atoms with Gasteiger partial charge in [0.25, 0.3) is 0 Å². The van der Waals surface area contributed by atoms with Crippen LogP contribution in [0.15, 0.2) is 66.7 Å². The predicted molar refractivity (Wildman–Crippen MR) is 85.1 cm³/mol. The molecule has 0 aromatic heterocycles. The Balaban J connectivity index is 1.92. The minimum atomic E-state index is 0.726. The predicted octanol–water partition coefficient (Wildman–Crippen LogP) is 3.13. The van der Waals surface area contributed by atoms with E-state index in [1.807, 2.05) is 48.5 Å². The first kappa shape index (κ1) is 12.3. The van der Waals surface area contributed by atoms with E-state index >= 15 is 0 Å². The highest BCUT2D eigenvalue weighted by Gasteiger charge is 2.06. The molecule has 0 aliphatic heterocycles. The highest BCUT2D eigenvalue weighted by atomic mass is 15.7. The van der Waals surface area contributed by atoms with E-state index in [4.69, 9.17) is 11.6 Å². The van der Waals surface area contributed by atoms with Crippen LogP contribution < -0.4 is 22.1 Å². The van der Waals surface area contributed by atoms with Crippen LogP contribution >= 0.6 is 0 Å². The third kappa shape index (κ3) is 2.37. The summed E-state index contributed by atoms with van der Waals surface area (Å²) < 4.78 is 0. The lowest BCUT2D eigenvalue weighted by Crippen LogP contribution is -2.36. The molecule has 4 heteroatoms. The molecule has 0 unspecified atom stereocenters. The molecule has 20 heavy (non-hydrogen) atoms. The van der Waals surface area contributed by atoms with Crippen LogP contribution in [0.4, 0.5) is 17.1 Å². The molecule has 0 aliphatic rings. The molecule has 0 fully saturated rings. The molecule has 0 radical (unpaired) electrons. The second-order valence-electron chi connectivity index (χ2n) is 4.60. The summed E-state index contributed by atoms with van der Waals surface area (Å²) >= 11 is 0. The number of benzene rings is 3. The molecule has 4 nitrogen and oxygen atoms in total. The Kier molecular flexibility index (Phi) is 3.15. The number of nitrogens with two attached hydrogens (primary N) is 2. The van der Waals surface area contributed by atoms with Crippen LogP contribution in [0.5, 0.6) is 0 Å². The number of nitrogen functional groups attached to an aromatic ring is 1. The average molecular weight is 264 g/mol. The summed E-state index contributed by atoms with van der Waals surface area (Å²) in [6, 6.07) is 21.6. The largest absolute Gasteiger partial charge is 0.399 e. The van der Waals surface area contributed by atoms with Crippen LogP contribution in [-0.4, -0.2) is 0 Å². The van der Waals surface area contributed by atoms with E-state index in [1.165, 1.54) is 5.12 Å². The molecule has 0 bridgehead atoms. The second-order valence-corrected chi connectivity index (χ2v) is 4.60. The fourth-order valence-electron chi connectivity index (χ4n) is 2.18. The number of hydrogen-bond donors (Lipinski definition) is 3. The minimum Gasteiger partial charge on any atom is -0.399 e. The Morgan fingerprint density at radius 1 is 0.800 bits per heavy atom. The first-order valence-electron chi connectivity index (χ1n) is 6.39. The maximum absolute atomic E-state index is 6.12. The van der Waals surface area contributed by atoms with E-state index in [9.17, 15) is 0 Å².